The van der Waals surface area contributed by atoms with Crippen molar-refractivity contribution < 1.29 is 0 Å². The van der Waals surface area contributed by atoms with Crippen molar-refractivity contribution in [1.29, 1.82) is 0 Å². The maximum atomic E-state index is 5.20. The minimum Gasteiger partial charge on any atom is -0.244 e. The summed E-state index contributed by atoms with van der Waals surface area (Å²) in [6.45, 7) is 0. The van der Waals surface area contributed by atoms with Crippen LogP contribution in [0.1, 0.15) is 0 Å². The molecule has 10 rings (SSSR count). The van der Waals surface area contributed by atoms with Crippen molar-refractivity contribution in [3.63, 3.8) is 0 Å². The van der Waals surface area contributed by atoms with E-state index in [0.717, 1.165) is 82.7 Å². The molecule has 0 aliphatic heterocycles. The summed E-state index contributed by atoms with van der Waals surface area (Å²) in [6.07, 6.45) is 10.4. The summed E-state index contributed by atoms with van der Waals surface area (Å²) in [7, 11) is 0. The molecule has 0 saturated heterocycles. The zero-order valence-corrected chi connectivity index (χ0v) is 30.0. The highest BCUT2D eigenvalue weighted by Crippen LogP contribution is 2.35. The second kappa shape index (κ2) is 14.2. The van der Waals surface area contributed by atoms with Crippen LogP contribution in [0.15, 0.2) is 189 Å². The molecule has 3 heterocycles. The Bertz CT molecular complexity index is 2810. The molecule has 0 N–H and O–H groups in total. The molecule has 0 aliphatic rings. The van der Waals surface area contributed by atoms with Gasteiger partial charge in [0.1, 0.15) is 12.7 Å². The Balaban J connectivity index is 1.15. The van der Waals surface area contributed by atoms with E-state index in [9.17, 15) is 0 Å². The molecule has 7 aromatic carbocycles. The molecule has 0 amide bonds. The van der Waals surface area contributed by atoms with Gasteiger partial charge in [0.15, 0.2) is 17.5 Å². The van der Waals surface area contributed by atoms with Crippen LogP contribution >= 0.6 is 0 Å². The Kier molecular flexibility index (Phi) is 8.35. The first-order valence-electron chi connectivity index (χ1n) is 18.3. The number of rotatable bonds is 7. The first-order valence-corrected chi connectivity index (χ1v) is 18.3. The summed E-state index contributed by atoms with van der Waals surface area (Å²) >= 11 is 0. The fourth-order valence-electron chi connectivity index (χ4n) is 7.12. The first-order chi connectivity index (χ1) is 27.7. The second-order valence-corrected chi connectivity index (χ2v) is 13.6. The zero-order valence-electron chi connectivity index (χ0n) is 30.0. The van der Waals surface area contributed by atoms with Crippen LogP contribution in [0.5, 0.6) is 0 Å². The highest BCUT2D eigenvalue weighted by molar-refractivity contribution is 5.89. The monoisotopic (exact) mass is 717 g/mol. The first kappa shape index (κ1) is 32.8. The van der Waals surface area contributed by atoms with Gasteiger partial charge in [0.2, 0.25) is 0 Å². The molecule has 0 saturated carbocycles. The van der Waals surface area contributed by atoms with E-state index in [4.69, 9.17) is 15.0 Å². The largest absolute Gasteiger partial charge is 0.244 e. The van der Waals surface area contributed by atoms with Crippen LogP contribution in [-0.2, 0) is 0 Å². The van der Waals surface area contributed by atoms with Gasteiger partial charge in [-0.1, -0.05) is 121 Å². The normalized spacial score (nSPS) is 11.2. The quantitative estimate of drug-likeness (QED) is 0.162. The molecule has 262 valence electrons. The number of hydrogen-bond acceptors (Lipinski definition) is 7. The third kappa shape index (κ3) is 6.54. The molecule has 0 unspecified atom stereocenters. The molecule has 0 fully saturated rings. The molecule has 0 radical (unpaired) electrons. The van der Waals surface area contributed by atoms with E-state index in [0.29, 0.717) is 17.5 Å². The van der Waals surface area contributed by atoms with Crippen LogP contribution < -0.4 is 0 Å². The average Bonchev–Trinajstić information content (AvgIpc) is 3.29. The van der Waals surface area contributed by atoms with Gasteiger partial charge in [-0.3, -0.25) is 0 Å². The second-order valence-electron chi connectivity index (χ2n) is 13.6. The van der Waals surface area contributed by atoms with E-state index in [1.165, 1.54) is 0 Å². The zero-order chi connectivity index (χ0) is 37.3. The van der Waals surface area contributed by atoms with E-state index in [-0.39, 0.29) is 0 Å². The van der Waals surface area contributed by atoms with Crippen LogP contribution in [0, 0.1) is 0 Å². The number of benzene rings is 7. The summed E-state index contributed by atoms with van der Waals surface area (Å²) in [5.74, 6) is 1.81. The molecule has 0 bridgehead atoms. The molecule has 56 heavy (non-hydrogen) atoms. The summed E-state index contributed by atoms with van der Waals surface area (Å²) < 4.78 is 0. The Morgan fingerprint density at radius 1 is 0.232 bits per heavy atom. The fourth-order valence-corrected chi connectivity index (χ4v) is 7.12. The van der Waals surface area contributed by atoms with Crippen LogP contribution in [0.2, 0.25) is 0 Å². The van der Waals surface area contributed by atoms with Crippen molar-refractivity contribution in [2.24, 2.45) is 0 Å². The minimum absolute atomic E-state index is 0.588. The lowest BCUT2D eigenvalue weighted by Crippen LogP contribution is -2.01. The summed E-state index contributed by atoms with van der Waals surface area (Å²) in [5, 5.41) is 4.57. The lowest BCUT2D eigenvalue weighted by atomic mass is 9.94. The third-order valence-corrected chi connectivity index (χ3v) is 10.1. The van der Waals surface area contributed by atoms with Gasteiger partial charge >= 0.3 is 0 Å². The van der Waals surface area contributed by atoms with Crippen LogP contribution in [0.3, 0.4) is 0 Å². The summed E-state index contributed by atoms with van der Waals surface area (Å²) in [4.78, 5) is 32.3. The van der Waals surface area contributed by atoms with Crippen molar-refractivity contribution in [3.8, 4) is 78.7 Å². The van der Waals surface area contributed by atoms with Crippen LogP contribution in [0.4, 0.5) is 0 Å². The van der Waals surface area contributed by atoms with Crippen molar-refractivity contribution in [2.45, 2.75) is 0 Å². The van der Waals surface area contributed by atoms with Gasteiger partial charge in [0.05, 0.1) is 0 Å². The molecular weight excluding hydrogens is 687 g/mol. The van der Waals surface area contributed by atoms with Crippen molar-refractivity contribution in [2.75, 3.05) is 0 Å². The highest BCUT2D eigenvalue weighted by atomic mass is 15.0. The lowest BCUT2D eigenvalue weighted by Gasteiger charge is -2.13. The van der Waals surface area contributed by atoms with E-state index in [1.54, 1.807) is 12.7 Å². The predicted octanol–water partition coefficient (Wildman–Crippen LogP) is 11.4. The smallest absolute Gasteiger partial charge is 0.164 e. The molecule has 3 aromatic heterocycles. The van der Waals surface area contributed by atoms with Crippen LogP contribution in [0.25, 0.3) is 100 Å². The highest BCUT2D eigenvalue weighted by Gasteiger charge is 2.16. The molecular formula is C49H31N7. The molecule has 0 spiro atoms. The maximum absolute atomic E-state index is 5.20. The van der Waals surface area contributed by atoms with Crippen molar-refractivity contribution in [3.05, 3.63) is 189 Å². The predicted molar refractivity (Wildman–Crippen MR) is 224 cm³/mol. The fraction of sp³-hybridized carbons (Fsp3) is 0. The van der Waals surface area contributed by atoms with E-state index in [1.807, 2.05) is 24.8 Å². The molecule has 10 aromatic rings. The van der Waals surface area contributed by atoms with Gasteiger partial charge < -0.3 is 0 Å². The van der Waals surface area contributed by atoms with Gasteiger partial charge in [-0.15, -0.1) is 0 Å². The molecule has 7 heteroatoms. The standard InChI is InChI=1S/C49H31N7/c1-3-7-38-21-40(19-17-32(38)5-1)47-54-48(41-20-18-33-6-2-4-8-39(33)22-41)56-49(55-47)44-24-42(34-9-13-36(14-10-34)45-26-50-30-51-27-45)23-43(25-44)35-11-15-37(16-12-35)46-28-52-31-53-29-46/h1-31H. The maximum Gasteiger partial charge on any atom is 0.164 e. The lowest BCUT2D eigenvalue weighted by molar-refractivity contribution is 1.08. The van der Waals surface area contributed by atoms with E-state index in [2.05, 4.69) is 172 Å². The SMILES string of the molecule is c1ccc2cc(-c3nc(-c4cc(-c5ccc(-c6cncnc6)cc5)cc(-c5ccc(-c6cncnc6)cc5)c4)nc(-c4ccc5ccccc5c4)n3)ccc2c1. The van der Waals surface area contributed by atoms with E-state index < -0.39 is 0 Å². The van der Waals surface area contributed by atoms with Gasteiger partial charge in [-0.25, -0.2) is 34.9 Å². The third-order valence-electron chi connectivity index (χ3n) is 10.1. The number of aromatic nitrogens is 7. The molecule has 0 atom stereocenters. The molecule has 0 aliphatic carbocycles. The molecule has 7 nitrogen and oxygen atoms in total. The van der Waals surface area contributed by atoms with Gasteiger partial charge in [0, 0.05) is 52.6 Å². The van der Waals surface area contributed by atoms with Gasteiger partial charge in [-0.2, -0.15) is 0 Å². The summed E-state index contributed by atoms with van der Waals surface area (Å²) in [5.41, 5.74) is 10.9. The number of hydrogen-bond donors (Lipinski definition) is 0. The number of nitrogens with zero attached hydrogens (tertiary/aromatic N) is 7. The Labute approximate surface area is 323 Å². The van der Waals surface area contributed by atoms with Gasteiger partial charge in [-0.05, 0) is 85.3 Å². The Morgan fingerprint density at radius 2 is 0.554 bits per heavy atom. The minimum atomic E-state index is 0.588. The summed E-state index contributed by atoms with van der Waals surface area (Å²) in [6, 6.07) is 53.0. The number of fused-ring (bicyclic) bond motifs is 2. The topological polar surface area (TPSA) is 90.2 Å². The Morgan fingerprint density at radius 3 is 0.964 bits per heavy atom. The van der Waals surface area contributed by atoms with E-state index >= 15 is 0 Å². The van der Waals surface area contributed by atoms with Crippen LogP contribution in [-0.4, -0.2) is 34.9 Å². The van der Waals surface area contributed by atoms with Crippen molar-refractivity contribution >= 4 is 21.5 Å². The van der Waals surface area contributed by atoms with Crippen molar-refractivity contribution in [1.82, 2.24) is 34.9 Å². The average molecular weight is 718 g/mol. The van der Waals surface area contributed by atoms with Gasteiger partial charge in [0.25, 0.3) is 0 Å². The Hall–Kier alpha value is -7.77.